The van der Waals surface area contributed by atoms with Crippen molar-refractivity contribution in [1.29, 1.82) is 0 Å². The van der Waals surface area contributed by atoms with Crippen molar-refractivity contribution in [2.45, 2.75) is 83.5 Å². The second kappa shape index (κ2) is 6.53. The first kappa shape index (κ1) is 20.3. The molecule has 0 bridgehead atoms. The lowest BCUT2D eigenvalue weighted by atomic mass is 9.46. The first-order valence-electron chi connectivity index (χ1n) is 10.7. The Hall–Kier alpha value is -0.940. The Morgan fingerprint density at radius 2 is 1.79 bits per heavy atom. The number of hydrogen-bond acceptors (Lipinski definition) is 5. The van der Waals surface area contributed by atoms with E-state index in [0.717, 1.165) is 32.1 Å². The maximum atomic E-state index is 12.4. The van der Waals surface area contributed by atoms with E-state index in [1.165, 1.54) is 24.3 Å². The van der Waals surface area contributed by atoms with Crippen LogP contribution in [0.4, 0.5) is 0 Å². The topological polar surface area (TPSA) is 71.4 Å². The highest BCUT2D eigenvalue weighted by Crippen LogP contribution is 2.68. The van der Waals surface area contributed by atoms with Crippen molar-refractivity contribution in [2.24, 2.45) is 28.6 Å². The standard InChI is InChI=1S/C23H32O4S/c1-13(24)23(27)10-8-18-17-6-5-15-11-16(26)12-20(28-14(2)25)22(15,4)19(17)7-9-21(18,23)3/h11,17-20,27H,5-10,12H2,1-4H3/t17-,18-,19-,20-,21-,22-,23-/m0/s1. The van der Waals surface area contributed by atoms with Crippen molar-refractivity contribution in [3.05, 3.63) is 11.6 Å². The van der Waals surface area contributed by atoms with Gasteiger partial charge in [-0.3, -0.25) is 14.4 Å². The molecular formula is C23H32O4S. The summed E-state index contributed by atoms with van der Waals surface area (Å²) in [6.45, 7) is 7.54. The van der Waals surface area contributed by atoms with Gasteiger partial charge < -0.3 is 5.11 Å². The lowest BCUT2D eigenvalue weighted by molar-refractivity contribution is -0.159. The van der Waals surface area contributed by atoms with E-state index in [2.05, 4.69) is 13.8 Å². The van der Waals surface area contributed by atoms with E-state index in [1.807, 2.05) is 6.08 Å². The predicted octanol–water partition coefficient (Wildman–Crippen LogP) is 4.10. The zero-order valence-electron chi connectivity index (χ0n) is 17.4. The van der Waals surface area contributed by atoms with E-state index in [4.69, 9.17) is 0 Å². The monoisotopic (exact) mass is 404 g/mol. The van der Waals surface area contributed by atoms with Crippen LogP contribution in [-0.4, -0.2) is 32.6 Å². The third-order valence-electron chi connectivity index (χ3n) is 9.08. The van der Waals surface area contributed by atoms with Crippen molar-refractivity contribution in [3.63, 3.8) is 0 Å². The number of aliphatic hydroxyl groups is 1. The first-order chi connectivity index (χ1) is 13.0. The molecule has 0 heterocycles. The predicted molar refractivity (Wildman–Crippen MR) is 110 cm³/mol. The summed E-state index contributed by atoms with van der Waals surface area (Å²) in [4.78, 5) is 36.6. The molecule has 4 aliphatic carbocycles. The van der Waals surface area contributed by atoms with Crippen molar-refractivity contribution < 1.29 is 19.5 Å². The highest BCUT2D eigenvalue weighted by atomic mass is 32.2. The van der Waals surface area contributed by atoms with Crippen LogP contribution in [0.15, 0.2) is 11.6 Å². The number of carbonyl (C=O) groups is 3. The van der Waals surface area contributed by atoms with E-state index in [-0.39, 0.29) is 32.8 Å². The zero-order chi connectivity index (χ0) is 20.5. The molecule has 4 nitrogen and oxygen atoms in total. The molecule has 0 aromatic rings. The van der Waals surface area contributed by atoms with Crippen molar-refractivity contribution in [2.75, 3.05) is 0 Å². The summed E-state index contributed by atoms with van der Waals surface area (Å²) in [5.41, 5.74) is -0.473. The Bertz CT molecular complexity index is 773. The molecule has 5 heteroatoms. The molecule has 0 aromatic heterocycles. The van der Waals surface area contributed by atoms with Crippen LogP contribution in [0.2, 0.25) is 0 Å². The van der Waals surface area contributed by atoms with Gasteiger partial charge in [-0.15, -0.1) is 0 Å². The second-order valence-corrected chi connectivity index (χ2v) is 11.4. The third kappa shape index (κ3) is 2.57. The fourth-order valence-electron chi connectivity index (χ4n) is 7.54. The summed E-state index contributed by atoms with van der Waals surface area (Å²) < 4.78 is 0. The highest BCUT2D eigenvalue weighted by molar-refractivity contribution is 8.14. The average Bonchev–Trinajstić information content (AvgIpc) is 2.88. The molecule has 0 saturated heterocycles. The highest BCUT2D eigenvalue weighted by Gasteiger charge is 2.66. The van der Waals surface area contributed by atoms with Gasteiger partial charge in [-0.1, -0.05) is 31.2 Å². The van der Waals surface area contributed by atoms with Gasteiger partial charge in [-0.2, -0.15) is 0 Å². The zero-order valence-corrected chi connectivity index (χ0v) is 18.2. The van der Waals surface area contributed by atoms with Crippen LogP contribution in [0.25, 0.3) is 0 Å². The SMILES string of the molecule is CC(=O)S[C@H]1CC(=O)C=C2CC[C@@H]3[C@H](CC[C@@]4(C)[C@H]3CC[C@]4(O)C(C)=O)[C@]21C. The lowest BCUT2D eigenvalue weighted by Gasteiger charge is -2.60. The van der Waals surface area contributed by atoms with Gasteiger partial charge >= 0.3 is 0 Å². The van der Waals surface area contributed by atoms with E-state index in [1.54, 1.807) is 6.92 Å². The normalized spacial score (nSPS) is 47.6. The first-order valence-corrected chi connectivity index (χ1v) is 11.6. The second-order valence-electron chi connectivity index (χ2n) is 10.0. The Labute approximate surface area is 171 Å². The van der Waals surface area contributed by atoms with E-state index < -0.39 is 5.60 Å². The summed E-state index contributed by atoms with van der Waals surface area (Å²) >= 11 is 1.34. The van der Waals surface area contributed by atoms with E-state index in [0.29, 0.717) is 30.6 Å². The quantitative estimate of drug-likeness (QED) is 0.750. The van der Waals surface area contributed by atoms with Crippen molar-refractivity contribution in [1.82, 2.24) is 0 Å². The summed E-state index contributed by atoms with van der Waals surface area (Å²) in [6.07, 6.45) is 7.46. The van der Waals surface area contributed by atoms with Gasteiger partial charge in [0, 0.05) is 29.4 Å². The summed E-state index contributed by atoms with van der Waals surface area (Å²) in [5, 5.41) is 11.3. The van der Waals surface area contributed by atoms with E-state index in [9.17, 15) is 19.5 Å². The lowest BCUT2D eigenvalue weighted by Crippen LogP contribution is -2.58. The van der Waals surface area contributed by atoms with Gasteiger partial charge in [0.1, 0.15) is 5.60 Å². The summed E-state index contributed by atoms with van der Waals surface area (Å²) in [6, 6.07) is 0. The molecule has 0 aromatic carbocycles. The third-order valence-corrected chi connectivity index (χ3v) is 10.4. The smallest absolute Gasteiger partial charge is 0.186 e. The van der Waals surface area contributed by atoms with Crippen molar-refractivity contribution in [3.8, 4) is 0 Å². The fourth-order valence-corrected chi connectivity index (χ4v) is 8.76. The van der Waals surface area contributed by atoms with E-state index >= 15 is 0 Å². The molecule has 7 atom stereocenters. The largest absolute Gasteiger partial charge is 0.382 e. The van der Waals surface area contributed by atoms with Gasteiger partial charge in [0.05, 0.1) is 0 Å². The van der Waals surface area contributed by atoms with Gasteiger partial charge in [-0.25, -0.2) is 0 Å². The molecule has 3 fully saturated rings. The average molecular weight is 405 g/mol. The van der Waals surface area contributed by atoms with Crippen LogP contribution < -0.4 is 0 Å². The van der Waals surface area contributed by atoms with Crippen molar-refractivity contribution >= 4 is 28.4 Å². The molecule has 154 valence electrons. The number of thioether (sulfide) groups is 1. The number of fused-ring (bicyclic) bond motifs is 5. The Kier molecular flexibility index (Phi) is 4.74. The number of carbonyl (C=O) groups excluding carboxylic acids is 3. The van der Waals surface area contributed by atoms with Crippen LogP contribution in [-0.2, 0) is 14.4 Å². The molecule has 1 N–H and O–H groups in total. The fraction of sp³-hybridized carbons (Fsp3) is 0.783. The molecular weight excluding hydrogens is 372 g/mol. The van der Waals surface area contributed by atoms with Crippen LogP contribution in [0.1, 0.15) is 72.6 Å². The molecule has 4 aliphatic rings. The minimum Gasteiger partial charge on any atom is -0.382 e. The van der Waals surface area contributed by atoms with Crippen LogP contribution >= 0.6 is 11.8 Å². The molecule has 0 unspecified atom stereocenters. The summed E-state index contributed by atoms with van der Waals surface area (Å²) in [5.74, 6) is 1.24. The number of rotatable bonds is 2. The van der Waals surface area contributed by atoms with Crippen LogP contribution in [0.3, 0.4) is 0 Å². The van der Waals surface area contributed by atoms with Gasteiger partial charge in [-0.05, 0) is 69.3 Å². The molecule has 4 rings (SSSR count). The Morgan fingerprint density at radius 3 is 2.43 bits per heavy atom. The molecule has 28 heavy (non-hydrogen) atoms. The van der Waals surface area contributed by atoms with Crippen LogP contribution in [0, 0.1) is 28.6 Å². The van der Waals surface area contributed by atoms with Gasteiger partial charge in [0.15, 0.2) is 16.7 Å². The Morgan fingerprint density at radius 1 is 1.11 bits per heavy atom. The molecule has 3 saturated carbocycles. The molecule has 0 amide bonds. The Balaban J connectivity index is 1.72. The number of allylic oxidation sites excluding steroid dienone is 1. The minimum absolute atomic E-state index is 0.00255. The van der Waals surface area contributed by atoms with Gasteiger partial charge in [0.25, 0.3) is 0 Å². The maximum Gasteiger partial charge on any atom is 0.186 e. The molecule has 0 aliphatic heterocycles. The maximum absolute atomic E-state index is 12.4. The van der Waals surface area contributed by atoms with Crippen LogP contribution in [0.5, 0.6) is 0 Å². The molecule has 0 radical (unpaired) electrons. The number of ketones is 2. The summed E-state index contributed by atoms with van der Waals surface area (Å²) in [7, 11) is 0. The number of hydrogen-bond donors (Lipinski definition) is 1. The van der Waals surface area contributed by atoms with Gasteiger partial charge in [0.2, 0.25) is 0 Å². The molecule has 0 spiro atoms. The minimum atomic E-state index is -1.20. The number of Topliss-reactive ketones (excluding diaryl/α,β-unsaturated/α-hetero) is 1.